The average molecular weight is 143 g/mol. The molecule has 1 unspecified atom stereocenters. The first-order valence-electron chi connectivity index (χ1n) is 2.79. The molecule has 10 heavy (non-hydrogen) atoms. The number of hydrogen-bond acceptors (Lipinski definition) is 1. The second-order valence-electron chi connectivity index (χ2n) is 1.69. The van der Waals surface area contributed by atoms with Gasteiger partial charge in [-0.15, -0.1) is 0 Å². The highest BCUT2D eigenvalue weighted by molar-refractivity contribution is 5.20. The van der Waals surface area contributed by atoms with Gasteiger partial charge in [-0.25, -0.2) is 0 Å². The van der Waals surface area contributed by atoms with Gasteiger partial charge in [0.1, 0.15) is 5.75 Å². The van der Waals surface area contributed by atoms with Crippen molar-refractivity contribution in [2.75, 3.05) is 0 Å². The summed E-state index contributed by atoms with van der Waals surface area (Å²) in [5, 5.41) is 0. The zero-order valence-corrected chi connectivity index (χ0v) is 5.13. The Morgan fingerprint density at radius 1 is 1.10 bits per heavy atom. The van der Waals surface area contributed by atoms with Crippen molar-refractivity contribution in [3.8, 4) is 5.75 Å². The van der Waals surface area contributed by atoms with E-state index in [1.54, 1.807) is 18.2 Å². The molecule has 0 aromatic heterocycles. The van der Waals surface area contributed by atoms with Gasteiger partial charge in [0.15, 0.2) is 0 Å². The molecule has 0 heterocycles. The highest BCUT2D eigenvalue weighted by Gasteiger charge is 2.01. The summed E-state index contributed by atoms with van der Waals surface area (Å²) in [5.74, 6) is 0.192. The quantitative estimate of drug-likeness (QED) is 0.617. The van der Waals surface area contributed by atoms with Crippen LogP contribution in [-0.2, 0) is 0 Å². The van der Waals surface area contributed by atoms with Gasteiger partial charge in [0.25, 0.3) is 0 Å². The Balaban J connectivity index is 2.59. The lowest BCUT2D eigenvalue weighted by Crippen LogP contribution is -2.00. The topological polar surface area (TPSA) is 9.23 Å². The molecule has 3 heteroatoms. The van der Waals surface area contributed by atoms with E-state index >= 15 is 0 Å². The third-order valence-electron chi connectivity index (χ3n) is 0.968. The minimum Gasteiger partial charge on any atom is -0.435 e. The second-order valence-corrected chi connectivity index (χ2v) is 1.69. The molecular weight excluding hydrogens is 137 g/mol. The van der Waals surface area contributed by atoms with Crippen molar-refractivity contribution in [3.05, 3.63) is 30.3 Å². The number of benzene rings is 1. The van der Waals surface area contributed by atoms with Gasteiger partial charge >= 0.3 is 6.61 Å². The molecule has 0 aliphatic heterocycles. The van der Waals surface area contributed by atoms with E-state index in [0.29, 0.717) is 0 Å². The summed E-state index contributed by atoms with van der Waals surface area (Å²) < 4.78 is 27.1. The molecule has 0 radical (unpaired) electrons. The summed E-state index contributed by atoms with van der Waals surface area (Å²) in [6, 6.07) is 7.96. The lowest BCUT2D eigenvalue weighted by Gasteiger charge is -2.01. The molecule has 0 N–H and O–H groups in total. The number of para-hydroxylation sites is 1. The van der Waals surface area contributed by atoms with Gasteiger partial charge in [-0.3, -0.25) is 0 Å². The van der Waals surface area contributed by atoms with E-state index in [4.69, 9.17) is 0 Å². The van der Waals surface area contributed by atoms with E-state index in [2.05, 4.69) is 4.74 Å². The fourth-order valence-electron chi connectivity index (χ4n) is 0.602. The summed E-state index contributed by atoms with van der Waals surface area (Å²) >= 11 is 0. The third kappa shape index (κ3) is 2.01. The van der Waals surface area contributed by atoms with Crippen molar-refractivity contribution in [2.45, 2.75) is 6.61 Å². The van der Waals surface area contributed by atoms with Gasteiger partial charge in [-0.1, -0.05) is 18.2 Å². The van der Waals surface area contributed by atoms with Crippen LogP contribution in [0, 0.1) is 0 Å². The van der Waals surface area contributed by atoms with Crippen molar-refractivity contribution in [1.29, 1.82) is 0 Å². The van der Waals surface area contributed by atoms with Crippen molar-refractivity contribution >= 4 is 0 Å². The maximum absolute atomic E-state index is 11.5. The van der Waals surface area contributed by atoms with Crippen LogP contribution in [0.1, 0.15) is 0 Å². The number of alkyl halides is 2. The first kappa shape index (κ1) is 6.99. The molecule has 1 aromatic rings. The van der Waals surface area contributed by atoms with Crippen LogP contribution in [-0.4, -0.2) is 6.61 Å². The van der Waals surface area contributed by atoms with Gasteiger partial charge in [-0.2, -0.15) is 8.78 Å². The van der Waals surface area contributed by atoms with E-state index < -0.39 is 6.61 Å². The molecule has 1 rings (SSSR count). The highest BCUT2D eigenvalue weighted by atomic mass is 19.2. The Labute approximate surface area is 57.2 Å². The highest BCUT2D eigenvalue weighted by Crippen LogP contribution is 2.11. The van der Waals surface area contributed by atoms with Crippen LogP contribution in [0.3, 0.4) is 0 Å². The SMILES string of the molecule is FC([18F])Oc1ccccc1. The summed E-state index contributed by atoms with van der Waals surface area (Å²) in [6.07, 6.45) is 0. The molecule has 0 aliphatic rings. The van der Waals surface area contributed by atoms with E-state index in [0.717, 1.165) is 0 Å². The maximum atomic E-state index is 11.5. The molecule has 0 aliphatic carbocycles. The van der Waals surface area contributed by atoms with Gasteiger partial charge in [0.05, 0.1) is 0 Å². The minimum absolute atomic E-state index is 0.192. The normalized spacial score (nSPS) is 12.6. The summed E-state index contributed by atoms with van der Waals surface area (Å²) in [4.78, 5) is 0. The Bertz CT molecular complexity index is 186. The molecule has 0 saturated carbocycles. The maximum Gasteiger partial charge on any atom is 0.387 e. The monoisotopic (exact) mass is 143 g/mol. The first-order chi connectivity index (χ1) is 4.79. The molecule has 0 saturated heterocycles. The van der Waals surface area contributed by atoms with Crippen molar-refractivity contribution < 1.29 is 13.5 Å². The van der Waals surface area contributed by atoms with Crippen LogP contribution < -0.4 is 4.74 Å². The molecule has 0 fully saturated rings. The zero-order valence-electron chi connectivity index (χ0n) is 5.13. The zero-order chi connectivity index (χ0) is 7.40. The Morgan fingerprint density at radius 3 is 2.20 bits per heavy atom. The Hall–Kier alpha value is -1.12. The van der Waals surface area contributed by atoms with Crippen LogP contribution >= 0.6 is 0 Å². The number of rotatable bonds is 2. The molecule has 1 aromatic carbocycles. The third-order valence-corrected chi connectivity index (χ3v) is 0.968. The fourth-order valence-corrected chi connectivity index (χ4v) is 0.602. The largest absolute Gasteiger partial charge is 0.435 e. The van der Waals surface area contributed by atoms with Crippen LogP contribution in [0.2, 0.25) is 0 Å². The lowest BCUT2D eigenvalue weighted by molar-refractivity contribution is -0.0498. The van der Waals surface area contributed by atoms with E-state index in [-0.39, 0.29) is 5.75 Å². The smallest absolute Gasteiger partial charge is 0.387 e. The summed E-state index contributed by atoms with van der Waals surface area (Å²) in [7, 11) is 0. The van der Waals surface area contributed by atoms with Gasteiger partial charge < -0.3 is 4.74 Å². The predicted octanol–water partition coefficient (Wildman–Crippen LogP) is 2.29. The Morgan fingerprint density at radius 2 is 1.70 bits per heavy atom. The van der Waals surface area contributed by atoms with Crippen molar-refractivity contribution in [3.63, 3.8) is 0 Å². The van der Waals surface area contributed by atoms with E-state index in [1.165, 1.54) is 12.1 Å². The minimum atomic E-state index is -2.73. The fraction of sp³-hybridized carbons (Fsp3) is 0.143. The Kier molecular flexibility index (Phi) is 2.20. The molecular formula is C7H6F2O. The lowest BCUT2D eigenvalue weighted by atomic mass is 10.3. The van der Waals surface area contributed by atoms with E-state index in [9.17, 15) is 8.78 Å². The predicted molar refractivity (Wildman–Crippen MR) is 33.1 cm³/mol. The van der Waals surface area contributed by atoms with Crippen LogP contribution in [0.15, 0.2) is 30.3 Å². The van der Waals surface area contributed by atoms with Crippen molar-refractivity contribution in [2.24, 2.45) is 0 Å². The molecule has 0 bridgehead atoms. The first-order valence-corrected chi connectivity index (χ1v) is 2.79. The van der Waals surface area contributed by atoms with Crippen LogP contribution in [0.5, 0.6) is 5.75 Å². The van der Waals surface area contributed by atoms with Gasteiger partial charge in [0.2, 0.25) is 0 Å². The molecule has 1 atom stereocenters. The van der Waals surface area contributed by atoms with Gasteiger partial charge in [-0.05, 0) is 12.1 Å². The average Bonchev–Trinajstić information content (AvgIpc) is 1.88. The van der Waals surface area contributed by atoms with E-state index in [1.807, 2.05) is 0 Å². The summed E-state index contributed by atoms with van der Waals surface area (Å²) in [5.41, 5.74) is 0. The second kappa shape index (κ2) is 3.15. The molecule has 1 nitrogen and oxygen atoms in total. The van der Waals surface area contributed by atoms with Crippen molar-refractivity contribution in [1.82, 2.24) is 0 Å². The van der Waals surface area contributed by atoms with Crippen LogP contribution in [0.4, 0.5) is 8.78 Å². The summed E-state index contributed by atoms with van der Waals surface area (Å²) in [6.45, 7) is -2.73. The van der Waals surface area contributed by atoms with Crippen LogP contribution in [0.25, 0.3) is 0 Å². The standard InChI is InChI=1S/C7H6F2O/c8-7(9)10-6-4-2-1-3-5-6/h1-5,7H/i8-1. The number of halogens is 2. The number of hydrogen-bond donors (Lipinski definition) is 0. The molecule has 0 spiro atoms. The molecule has 54 valence electrons. The van der Waals surface area contributed by atoms with Gasteiger partial charge in [0, 0.05) is 0 Å². The number of ether oxygens (including phenoxy) is 1. The molecule has 0 amide bonds.